The van der Waals surface area contributed by atoms with Crippen molar-refractivity contribution in [2.45, 2.75) is 0 Å². The van der Waals surface area contributed by atoms with Crippen LogP contribution in [0.1, 0.15) is 5.56 Å². The van der Waals surface area contributed by atoms with E-state index in [9.17, 15) is 0 Å². The highest BCUT2D eigenvalue weighted by Gasteiger charge is 2.11. The molecule has 22 heavy (non-hydrogen) atoms. The summed E-state index contributed by atoms with van der Waals surface area (Å²) in [5.41, 5.74) is 1.93. The lowest BCUT2D eigenvalue weighted by molar-refractivity contribution is 0.324. The van der Waals surface area contributed by atoms with E-state index in [1.165, 1.54) is 0 Å². The lowest BCUT2D eigenvalue weighted by atomic mass is 10.1. The fourth-order valence-electron chi connectivity index (χ4n) is 1.84. The van der Waals surface area contributed by atoms with Crippen LogP contribution in [0.15, 0.2) is 54.8 Å². The molecule has 0 fully saturated rings. The Morgan fingerprint density at radius 2 is 1.73 bits per heavy atom. The minimum atomic E-state index is 0.582. The van der Waals surface area contributed by atoms with Gasteiger partial charge in [-0.15, -0.1) is 0 Å². The highest BCUT2D eigenvalue weighted by molar-refractivity contribution is 5.64. The first-order valence-corrected chi connectivity index (χ1v) is 6.84. The highest BCUT2D eigenvalue weighted by Crippen LogP contribution is 2.38. The van der Waals surface area contributed by atoms with Gasteiger partial charge < -0.3 is 19.5 Å². The molecule has 4 nitrogen and oxygen atoms in total. The summed E-state index contributed by atoms with van der Waals surface area (Å²) in [4.78, 5) is 0. The fraction of sp³-hybridized carbons (Fsp3) is 0.222. The van der Waals surface area contributed by atoms with E-state index in [0.29, 0.717) is 17.2 Å². The second-order valence-corrected chi connectivity index (χ2v) is 4.31. The molecule has 0 saturated carbocycles. The zero-order chi connectivity index (χ0) is 16.4. The predicted octanol–water partition coefficient (Wildman–Crippen LogP) is 3.57. The van der Waals surface area contributed by atoms with Crippen molar-refractivity contribution in [3.63, 3.8) is 0 Å². The van der Waals surface area contributed by atoms with Gasteiger partial charge in [-0.25, -0.2) is 0 Å². The number of nitrogens with one attached hydrogen (secondary N) is 1. The van der Waals surface area contributed by atoms with E-state index in [-0.39, 0.29) is 0 Å². The number of hydrogen-bond acceptors (Lipinski definition) is 4. The van der Waals surface area contributed by atoms with Crippen LogP contribution in [0.5, 0.6) is 17.2 Å². The SMILES string of the molecule is C=CC(/C=C\c1cc(OC)c(OC)c(OC)c1)=C\C=C/NC. The van der Waals surface area contributed by atoms with Gasteiger partial charge in [0, 0.05) is 7.05 Å². The number of rotatable bonds is 8. The number of benzene rings is 1. The summed E-state index contributed by atoms with van der Waals surface area (Å²) < 4.78 is 16.0. The Morgan fingerprint density at radius 3 is 2.18 bits per heavy atom. The second-order valence-electron chi connectivity index (χ2n) is 4.31. The highest BCUT2D eigenvalue weighted by atomic mass is 16.5. The topological polar surface area (TPSA) is 39.7 Å². The van der Waals surface area contributed by atoms with Crippen LogP contribution in [-0.4, -0.2) is 28.4 Å². The van der Waals surface area contributed by atoms with Gasteiger partial charge in [0.15, 0.2) is 11.5 Å². The van der Waals surface area contributed by atoms with Gasteiger partial charge in [0.2, 0.25) is 5.75 Å². The third-order valence-corrected chi connectivity index (χ3v) is 2.94. The zero-order valence-corrected chi connectivity index (χ0v) is 13.6. The predicted molar refractivity (Wildman–Crippen MR) is 91.6 cm³/mol. The van der Waals surface area contributed by atoms with Crippen molar-refractivity contribution in [2.24, 2.45) is 0 Å². The quantitative estimate of drug-likeness (QED) is 0.745. The van der Waals surface area contributed by atoms with Crippen LogP contribution in [0, 0.1) is 0 Å². The Kier molecular flexibility index (Phi) is 7.40. The van der Waals surface area contributed by atoms with Crippen molar-refractivity contribution in [3.05, 3.63) is 60.4 Å². The molecule has 0 spiro atoms. The van der Waals surface area contributed by atoms with E-state index >= 15 is 0 Å². The Hall–Kier alpha value is -2.62. The average molecular weight is 301 g/mol. The van der Waals surface area contributed by atoms with Gasteiger partial charge in [0.05, 0.1) is 21.3 Å². The van der Waals surface area contributed by atoms with Crippen molar-refractivity contribution in [2.75, 3.05) is 28.4 Å². The standard InChI is InChI=1S/C18H23NO3/c1-6-14(8-7-11-19-2)9-10-15-12-16(20-3)18(22-5)17(13-15)21-4/h6-13,19H,1H2,2-5H3/b10-9-,11-7-,14-8+. The van der Waals surface area contributed by atoms with Crippen molar-refractivity contribution in [1.82, 2.24) is 5.32 Å². The van der Waals surface area contributed by atoms with E-state index in [1.807, 2.05) is 49.7 Å². The lowest BCUT2D eigenvalue weighted by Crippen LogP contribution is -1.95. The molecule has 1 aromatic rings. The van der Waals surface area contributed by atoms with Crippen molar-refractivity contribution in [3.8, 4) is 17.2 Å². The molecule has 0 aliphatic rings. The van der Waals surface area contributed by atoms with Gasteiger partial charge in [-0.2, -0.15) is 0 Å². The molecule has 0 aromatic heterocycles. The van der Waals surface area contributed by atoms with Crippen molar-refractivity contribution >= 4 is 6.08 Å². The molecule has 1 rings (SSSR count). The molecule has 4 heteroatoms. The summed E-state index contributed by atoms with van der Waals surface area (Å²) in [5.74, 6) is 1.83. The normalized spacial score (nSPS) is 11.7. The molecule has 0 aliphatic carbocycles. The largest absolute Gasteiger partial charge is 0.493 e. The van der Waals surface area contributed by atoms with Gasteiger partial charge >= 0.3 is 0 Å². The van der Waals surface area contributed by atoms with E-state index in [0.717, 1.165) is 11.1 Å². The maximum absolute atomic E-state index is 5.34. The first-order chi connectivity index (χ1) is 10.7. The van der Waals surface area contributed by atoms with Crippen LogP contribution >= 0.6 is 0 Å². The maximum atomic E-state index is 5.34. The average Bonchev–Trinajstić information content (AvgIpc) is 2.56. The Morgan fingerprint density at radius 1 is 1.09 bits per heavy atom. The van der Waals surface area contributed by atoms with Crippen LogP contribution in [0.2, 0.25) is 0 Å². The van der Waals surface area contributed by atoms with Crippen LogP contribution in [0.4, 0.5) is 0 Å². The van der Waals surface area contributed by atoms with Crippen LogP contribution < -0.4 is 19.5 Å². The monoisotopic (exact) mass is 301 g/mol. The Labute approximate surface area is 132 Å². The fourth-order valence-corrected chi connectivity index (χ4v) is 1.84. The lowest BCUT2D eigenvalue weighted by Gasteiger charge is -2.12. The van der Waals surface area contributed by atoms with Crippen LogP contribution in [0.3, 0.4) is 0 Å². The molecule has 0 saturated heterocycles. The first-order valence-electron chi connectivity index (χ1n) is 6.84. The molecule has 0 radical (unpaired) electrons. The molecule has 0 atom stereocenters. The third kappa shape index (κ3) is 4.74. The van der Waals surface area contributed by atoms with Crippen molar-refractivity contribution in [1.29, 1.82) is 0 Å². The van der Waals surface area contributed by atoms with Gasteiger partial charge in [0.1, 0.15) is 0 Å². The molecule has 0 unspecified atom stereocenters. The molecule has 0 aliphatic heterocycles. The molecular formula is C18H23NO3. The molecule has 118 valence electrons. The summed E-state index contributed by atoms with van der Waals surface area (Å²) in [5, 5.41) is 2.93. The minimum absolute atomic E-state index is 0.582. The number of methoxy groups -OCH3 is 3. The summed E-state index contributed by atoms with van der Waals surface area (Å²) in [6, 6.07) is 3.78. The first kappa shape index (κ1) is 17.4. The van der Waals surface area contributed by atoms with Gasteiger partial charge in [-0.1, -0.05) is 30.9 Å². The van der Waals surface area contributed by atoms with Gasteiger partial charge in [0.25, 0.3) is 0 Å². The van der Waals surface area contributed by atoms with E-state index in [4.69, 9.17) is 14.2 Å². The third-order valence-electron chi connectivity index (χ3n) is 2.94. The zero-order valence-electron chi connectivity index (χ0n) is 13.6. The molecule has 0 bridgehead atoms. The van der Waals surface area contributed by atoms with Crippen LogP contribution in [0.25, 0.3) is 6.08 Å². The Balaban J connectivity index is 3.11. The van der Waals surface area contributed by atoms with E-state index < -0.39 is 0 Å². The minimum Gasteiger partial charge on any atom is -0.493 e. The number of ether oxygens (including phenoxy) is 3. The summed E-state index contributed by atoms with van der Waals surface area (Å²) in [7, 11) is 6.64. The Bertz CT molecular complexity index is 561. The second kappa shape index (κ2) is 9.34. The molecule has 0 amide bonds. The maximum Gasteiger partial charge on any atom is 0.203 e. The smallest absolute Gasteiger partial charge is 0.203 e. The summed E-state index contributed by atoms with van der Waals surface area (Å²) in [6.45, 7) is 3.80. The van der Waals surface area contributed by atoms with Gasteiger partial charge in [-0.05, 0) is 35.5 Å². The van der Waals surface area contributed by atoms with Gasteiger partial charge in [-0.3, -0.25) is 0 Å². The molecule has 1 aromatic carbocycles. The molecule has 0 heterocycles. The number of hydrogen-bond donors (Lipinski definition) is 1. The number of allylic oxidation sites excluding steroid dienone is 5. The van der Waals surface area contributed by atoms with Crippen molar-refractivity contribution < 1.29 is 14.2 Å². The van der Waals surface area contributed by atoms with E-state index in [2.05, 4.69) is 11.9 Å². The summed E-state index contributed by atoms with van der Waals surface area (Å²) >= 11 is 0. The van der Waals surface area contributed by atoms with Crippen LogP contribution in [-0.2, 0) is 0 Å². The molecular weight excluding hydrogens is 278 g/mol. The van der Waals surface area contributed by atoms with E-state index in [1.54, 1.807) is 27.4 Å². The molecule has 1 N–H and O–H groups in total. The summed E-state index contributed by atoms with van der Waals surface area (Å²) in [6.07, 6.45) is 11.4.